The summed E-state index contributed by atoms with van der Waals surface area (Å²) in [5.74, 6) is -0.348. The van der Waals surface area contributed by atoms with E-state index in [0.717, 1.165) is 6.42 Å². The van der Waals surface area contributed by atoms with Gasteiger partial charge in [-0.3, -0.25) is 4.90 Å². The first-order valence-electron chi connectivity index (χ1n) is 7.61. The van der Waals surface area contributed by atoms with Gasteiger partial charge in [-0.25, -0.2) is 4.79 Å². The monoisotopic (exact) mass is 304 g/mol. The molecule has 4 nitrogen and oxygen atoms in total. The molecule has 1 rings (SSSR count). The number of ether oxygens (including phenoxy) is 1. The van der Waals surface area contributed by atoms with Crippen LogP contribution in [0.2, 0.25) is 0 Å². The zero-order chi connectivity index (χ0) is 16.8. The number of nitrogens with zero attached hydrogens (tertiary/aromatic N) is 1. The molecule has 0 aliphatic rings. The maximum absolute atomic E-state index is 12.0. The molecule has 0 radical (unpaired) electrons. The van der Waals surface area contributed by atoms with Crippen molar-refractivity contribution < 1.29 is 9.53 Å². The van der Waals surface area contributed by atoms with Gasteiger partial charge in [-0.1, -0.05) is 36.9 Å². The summed E-state index contributed by atoms with van der Waals surface area (Å²) < 4.78 is 5.36. The number of hydrogen-bond donors (Lipinski definition) is 1. The summed E-state index contributed by atoms with van der Waals surface area (Å²) in [5, 5.41) is 0. The first-order chi connectivity index (χ1) is 10.2. The summed E-state index contributed by atoms with van der Waals surface area (Å²) in [5.41, 5.74) is 6.87. The molecule has 0 aromatic heterocycles. The normalized spacial score (nSPS) is 13.0. The molecule has 2 N–H and O–H groups in total. The van der Waals surface area contributed by atoms with Gasteiger partial charge in [-0.05, 0) is 46.3 Å². The highest BCUT2D eigenvalue weighted by atomic mass is 16.6. The summed E-state index contributed by atoms with van der Waals surface area (Å²) in [7, 11) is 1.98. The predicted molar refractivity (Wildman–Crippen MR) is 90.5 cm³/mol. The van der Waals surface area contributed by atoms with Crippen LogP contribution in [0.1, 0.15) is 38.8 Å². The Kier molecular flexibility index (Phi) is 6.78. The molecule has 4 heteroatoms. The minimum Gasteiger partial charge on any atom is -0.457 e. The van der Waals surface area contributed by atoms with E-state index in [9.17, 15) is 4.79 Å². The quantitative estimate of drug-likeness (QED) is 0.621. The molecule has 1 aromatic rings. The molecule has 122 valence electrons. The fourth-order valence-corrected chi connectivity index (χ4v) is 2.30. The Labute approximate surface area is 133 Å². The zero-order valence-corrected chi connectivity index (χ0v) is 14.1. The summed E-state index contributed by atoms with van der Waals surface area (Å²) in [4.78, 5) is 14.1. The lowest BCUT2D eigenvalue weighted by atomic mass is 10.0. The molecule has 1 aromatic carbocycles. The van der Waals surface area contributed by atoms with Crippen molar-refractivity contribution in [1.29, 1.82) is 0 Å². The molecule has 1 atom stereocenters. The van der Waals surface area contributed by atoms with Gasteiger partial charge in [0.25, 0.3) is 0 Å². The highest BCUT2D eigenvalue weighted by Gasteiger charge is 2.22. The minimum absolute atomic E-state index is 0.158. The first kappa shape index (κ1) is 18.4. The third-order valence-electron chi connectivity index (χ3n) is 3.28. The van der Waals surface area contributed by atoms with E-state index in [4.69, 9.17) is 10.5 Å². The smallest absolute Gasteiger partial charge is 0.335 e. The van der Waals surface area contributed by atoms with Gasteiger partial charge in [0.05, 0.1) is 0 Å². The van der Waals surface area contributed by atoms with Crippen LogP contribution in [-0.2, 0) is 9.53 Å². The highest BCUT2D eigenvalue weighted by molar-refractivity contribution is 5.88. The predicted octanol–water partition coefficient (Wildman–Crippen LogP) is 2.91. The second-order valence-corrected chi connectivity index (χ2v) is 6.52. The van der Waals surface area contributed by atoms with Crippen molar-refractivity contribution in [2.45, 2.75) is 38.8 Å². The second-order valence-electron chi connectivity index (χ2n) is 6.52. The molecule has 0 saturated heterocycles. The van der Waals surface area contributed by atoms with E-state index in [1.54, 1.807) is 0 Å². The van der Waals surface area contributed by atoms with E-state index in [1.807, 2.05) is 46.0 Å². The van der Waals surface area contributed by atoms with Gasteiger partial charge >= 0.3 is 5.97 Å². The maximum atomic E-state index is 12.0. The molecular weight excluding hydrogens is 276 g/mol. The fourth-order valence-electron chi connectivity index (χ4n) is 2.30. The van der Waals surface area contributed by atoms with E-state index in [-0.39, 0.29) is 12.0 Å². The third-order valence-corrected chi connectivity index (χ3v) is 3.28. The van der Waals surface area contributed by atoms with Crippen LogP contribution in [0.25, 0.3) is 0 Å². The molecule has 0 aliphatic heterocycles. The van der Waals surface area contributed by atoms with Crippen molar-refractivity contribution in [3.63, 3.8) is 0 Å². The summed E-state index contributed by atoms with van der Waals surface area (Å²) in [6.45, 7) is 10.5. The van der Waals surface area contributed by atoms with E-state index in [1.165, 1.54) is 5.56 Å². The molecule has 0 aliphatic carbocycles. The zero-order valence-electron chi connectivity index (χ0n) is 14.1. The van der Waals surface area contributed by atoms with E-state index >= 15 is 0 Å². The van der Waals surface area contributed by atoms with Crippen molar-refractivity contribution in [3.8, 4) is 0 Å². The molecule has 0 spiro atoms. The number of rotatable bonds is 7. The largest absolute Gasteiger partial charge is 0.457 e. The average molecular weight is 304 g/mol. The van der Waals surface area contributed by atoms with Gasteiger partial charge in [-0.15, -0.1) is 0 Å². The standard InChI is InChI=1S/C18H28N2O2/c1-14(17(21)22-18(2,3)4)13-20(5)16(11-12-19)15-9-7-6-8-10-15/h6-10,16H,1,11-13,19H2,2-5H3. The Morgan fingerprint density at radius 3 is 2.41 bits per heavy atom. The van der Waals surface area contributed by atoms with Crippen LogP contribution in [0.4, 0.5) is 0 Å². The van der Waals surface area contributed by atoms with Crippen molar-refractivity contribution in [2.24, 2.45) is 5.73 Å². The van der Waals surface area contributed by atoms with E-state index < -0.39 is 5.60 Å². The van der Waals surface area contributed by atoms with Crippen LogP contribution in [-0.4, -0.2) is 36.6 Å². The van der Waals surface area contributed by atoms with Crippen molar-refractivity contribution >= 4 is 5.97 Å². The first-order valence-corrected chi connectivity index (χ1v) is 7.61. The van der Waals surface area contributed by atoms with Crippen LogP contribution in [0, 0.1) is 0 Å². The molecule has 0 fully saturated rings. The van der Waals surface area contributed by atoms with Gasteiger partial charge in [-0.2, -0.15) is 0 Å². The molecule has 0 amide bonds. The summed E-state index contributed by atoms with van der Waals surface area (Å²) >= 11 is 0. The number of hydrogen-bond acceptors (Lipinski definition) is 4. The topological polar surface area (TPSA) is 55.6 Å². The molecule has 0 heterocycles. The SMILES string of the molecule is C=C(CN(C)C(CCN)c1ccccc1)C(=O)OC(C)(C)C. The van der Waals surface area contributed by atoms with Gasteiger partial charge in [0.2, 0.25) is 0 Å². The molecule has 0 saturated carbocycles. The maximum Gasteiger partial charge on any atom is 0.335 e. The number of esters is 1. The number of carbonyl (C=O) groups is 1. The van der Waals surface area contributed by atoms with Crippen molar-refractivity contribution in [3.05, 3.63) is 48.0 Å². The summed E-state index contributed by atoms with van der Waals surface area (Å²) in [6.07, 6.45) is 0.822. The molecule has 22 heavy (non-hydrogen) atoms. The minimum atomic E-state index is -0.505. The van der Waals surface area contributed by atoms with Gasteiger partial charge in [0.15, 0.2) is 0 Å². The number of carbonyl (C=O) groups excluding carboxylic acids is 1. The highest BCUT2D eigenvalue weighted by Crippen LogP contribution is 2.23. The Morgan fingerprint density at radius 1 is 1.32 bits per heavy atom. The van der Waals surface area contributed by atoms with Crippen LogP contribution in [0.3, 0.4) is 0 Å². The van der Waals surface area contributed by atoms with Crippen LogP contribution in [0.5, 0.6) is 0 Å². The lowest BCUT2D eigenvalue weighted by Crippen LogP contribution is -2.32. The Balaban J connectivity index is 2.73. The number of nitrogens with two attached hydrogens (primary N) is 1. The number of likely N-dealkylation sites (N-methyl/N-ethyl adjacent to an activating group) is 1. The van der Waals surface area contributed by atoms with E-state index in [0.29, 0.717) is 18.7 Å². The Hall–Kier alpha value is -1.65. The number of benzene rings is 1. The van der Waals surface area contributed by atoms with Gasteiger partial charge in [0.1, 0.15) is 5.60 Å². The molecule has 0 bridgehead atoms. The fraction of sp³-hybridized carbons (Fsp3) is 0.500. The van der Waals surface area contributed by atoms with Crippen molar-refractivity contribution in [1.82, 2.24) is 4.90 Å². The lowest BCUT2D eigenvalue weighted by Gasteiger charge is -2.29. The Bertz CT molecular complexity index is 492. The molecule has 1 unspecified atom stereocenters. The summed E-state index contributed by atoms with van der Waals surface area (Å²) in [6, 6.07) is 10.3. The molecular formula is C18H28N2O2. The van der Waals surface area contributed by atoms with Gasteiger partial charge < -0.3 is 10.5 Å². The van der Waals surface area contributed by atoms with Crippen molar-refractivity contribution in [2.75, 3.05) is 20.1 Å². The van der Waals surface area contributed by atoms with Crippen LogP contribution >= 0.6 is 0 Å². The van der Waals surface area contributed by atoms with Crippen LogP contribution < -0.4 is 5.73 Å². The second kappa shape index (κ2) is 8.11. The van der Waals surface area contributed by atoms with Crippen LogP contribution in [0.15, 0.2) is 42.5 Å². The Morgan fingerprint density at radius 2 is 1.91 bits per heavy atom. The van der Waals surface area contributed by atoms with Gasteiger partial charge in [0, 0.05) is 18.2 Å². The lowest BCUT2D eigenvalue weighted by molar-refractivity contribution is -0.150. The average Bonchev–Trinajstić information content (AvgIpc) is 2.43. The third kappa shape index (κ3) is 6.00. The van der Waals surface area contributed by atoms with E-state index in [2.05, 4.69) is 23.6 Å².